The predicted molar refractivity (Wildman–Crippen MR) is 226 cm³/mol. The highest BCUT2D eigenvalue weighted by Gasteiger charge is 2.52. The van der Waals surface area contributed by atoms with Gasteiger partial charge >= 0.3 is 0 Å². The number of methoxy groups -OCH3 is 4. The minimum absolute atomic E-state index is 0.0591. The lowest BCUT2D eigenvalue weighted by atomic mass is 9.70. The zero-order valence-corrected chi connectivity index (χ0v) is 35.3. The van der Waals surface area contributed by atoms with Crippen molar-refractivity contribution in [2.24, 2.45) is 17.3 Å². The van der Waals surface area contributed by atoms with Crippen molar-refractivity contribution >= 4 is 11.8 Å². The summed E-state index contributed by atoms with van der Waals surface area (Å²) in [6, 6.07) is 27.1. The van der Waals surface area contributed by atoms with Crippen LogP contribution in [0.15, 0.2) is 97.1 Å². The second-order valence-corrected chi connectivity index (χ2v) is 16.4. The van der Waals surface area contributed by atoms with Crippen LogP contribution in [0.3, 0.4) is 0 Å². The molecule has 0 bridgehead atoms. The number of aliphatic hydroxyl groups is 2. The maximum absolute atomic E-state index is 15.2. The van der Waals surface area contributed by atoms with E-state index in [2.05, 4.69) is 10.6 Å². The monoisotopic (exact) mass is 794 g/mol. The van der Waals surface area contributed by atoms with Crippen LogP contribution in [0.2, 0.25) is 0 Å². The van der Waals surface area contributed by atoms with Gasteiger partial charge in [0.2, 0.25) is 11.8 Å². The van der Waals surface area contributed by atoms with Gasteiger partial charge in [-0.15, -0.1) is 0 Å². The molecule has 0 heterocycles. The molecule has 0 saturated heterocycles. The number of carbonyl (C=O) groups excluding carboxylic acids is 2. The molecule has 0 radical (unpaired) electrons. The normalized spacial score (nSPS) is 15.3. The number of rotatable bonds is 18. The summed E-state index contributed by atoms with van der Waals surface area (Å²) in [4.78, 5) is 30.4. The van der Waals surface area contributed by atoms with Gasteiger partial charge < -0.3 is 39.8 Å². The molecule has 4 N–H and O–H groups in total. The molecule has 1 fully saturated rings. The van der Waals surface area contributed by atoms with E-state index in [-0.39, 0.29) is 11.8 Å². The zero-order valence-electron chi connectivity index (χ0n) is 35.3. The van der Waals surface area contributed by atoms with Crippen LogP contribution < -0.4 is 29.6 Å². The quantitative estimate of drug-likeness (QED) is 0.0747. The van der Waals surface area contributed by atoms with Crippen LogP contribution >= 0.6 is 0 Å². The summed E-state index contributed by atoms with van der Waals surface area (Å²) in [5, 5.41) is 32.7. The fraction of sp³-hybridized carbons (Fsp3) is 0.458. The largest absolute Gasteiger partial charge is 0.497 e. The van der Waals surface area contributed by atoms with Gasteiger partial charge in [-0.3, -0.25) is 9.59 Å². The first-order valence-corrected chi connectivity index (χ1v) is 20.4. The maximum Gasteiger partial charge on any atom is 0.236 e. The van der Waals surface area contributed by atoms with Gasteiger partial charge in [0, 0.05) is 0 Å². The predicted octanol–water partition coefficient (Wildman–Crippen LogP) is 7.91. The van der Waals surface area contributed by atoms with Crippen molar-refractivity contribution in [1.82, 2.24) is 10.6 Å². The van der Waals surface area contributed by atoms with Crippen LogP contribution in [-0.2, 0) is 20.8 Å². The van der Waals surface area contributed by atoms with Gasteiger partial charge in [-0.2, -0.15) is 0 Å². The lowest BCUT2D eigenvalue weighted by Gasteiger charge is -2.44. The average Bonchev–Trinajstić information content (AvgIpc) is 3.25. The molecule has 5 rings (SSSR count). The van der Waals surface area contributed by atoms with E-state index in [0.717, 1.165) is 6.42 Å². The molecule has 10 heteroatoms. The molecule has 1 aliphatic rings. The van der Waals surface area contributed by atoms with Crippen molar-refractivity contribution in [2.75, 3.05) is 28.4 Å². The molecule has 0 aliphatic heterocycles. The highest BCUT2D eigenvalue weighted by Crippen LogP contribution is 2.43. The lowest BCUT2D eigenvalue weighted by molar-refractivity contribution is -0.149. The van der Waals surface area contributed by atoms with E-state index in [0.29, 0.717) is 83.8 Å². The van der Waals surface area contributed by atoms with Gasteiger partial charge in [-0.1, -0.05) is 95.5 Å². The van der Waals surface area contributed by atoms with E-state index < -0.39 is 40.5 Å². The smallest absolute Gasteiger partial charge is 0.236 e. The third-order valence-electron chi connectivity index (χ3n) is 11.7. The SMILES string of the molecule is COc1ccc(C(O)(c2ccc(OC)cc2)[C@@H](CC(C)C)NC(=O)C2(C(=O)N[C@H](CC(C)C)C(O)(c3ccc(OC)cc3)c3ccc(OC)cc3)CCCCC2)cc1. The molecule has 4 aromatic rings. The molecule has 2 amide bonds. The van der Waals surface area contributed by atoms with Crippen molar-refractivity contribution < 1.29 is 38.7 Å². The Balaban J connectivity index is 1.59. The standard InChI is InChI=1S/C48H62N2O8/c1-32(2)30-42(47(53,34-12-20-38(55-5)21-13-34)35-14-22-39(56-6)23-15-35)49-44(51)46(28-10-9-11-29-46)45(52)50-43(31-33(3)4)48(54,36-16-24-40(57-7)25-17-36)37-18-26-41(58-8)27-19-37/h12-27,32-33,42-43,53-54H,9-11,28-31H2,1-8H3,(H,49,51)(H,50,52)/t42-,43-/m1/s1. The molecule has 1 saturated carbocycles. The van der Waals surface area contributed by atoms with Gasteiger partial charge in [0.25, 0.3) is 0 Å². The third-order valence-corrected chi connectivity index (χ3v) is 11.7. The average molecular weight is 795 g/mol. The summed E-state index contributed by atoms with van der Waals surface area (Å²) in [7, 11) is 6.34. The van der Waals surface area contributed by atoms with E-state index in [1.54, 1.807) is 126 Å². The molecular formula is C48H62N2O8. The number of nitrogens with one attached hydrogen (secondary N) is 2. The molecule has 0 spiro atoms. The van der Waals surface area contributed by atoms with Crippen LogP contribution in [0.4, 0.5) is 0 Å². The van der Waals surface area contributed by atoms with Crippen LogP contribution in [0.5, 0.6) is 23.0 Å². The van der Waals surface area contributed by atoms with Gasteiger partial charge in [0.05, 0.1) is 40.5 Å². The molecule has 1 aliphatic carbocycles. The lowest BCUT2D eigenvalue weighted by Crippen LogP contribution is -2.62. The Morgan fingerprint density at radius 1 is 0.517 bits per heavy atom. The second-order valence-electron chi connectivity index (χ2n) is 16.4. The number of hydrogen-bond donors (Lipinski definition) is 4. The Morgan fingerprint density at radius 2 is 0.776 bits per heavy atom. The van der Waals surface area contributed by atoms with Crippen LogP contribution in [-0.4, -0.2) is 62.6 Å². The number of hydrogen-bond acceptors (Lipinski definition) is 8. The fourth-order valence-corrected chi connectivity index (χ4v) is 8.43. The van der Waals surface area contributed by atoms with Crippen LogP contribution in [0, 0.1) is 17.3 Å². The first kappa shape index (κ1) is 44.1. The molecule has 58 heavy (non-hydrogen) atoms. The van der Waals surface area contributed by atoms with Crippen LogP contribution in [0.25, 0.3) is 0 Å². The van der Waals surface area contributed by atoms with Crippen molar-refractivity contribution in [3.05, 3.63) is 119 Å². The summed E-state index contributed by atoms with van der Waals surface area (Å²) in [6.45, 7) is 8.17. The summed E-state index contributed by atoms with van der Waals surface area (Å²) in [6.07, 6.45) is 3.68. The van der Waals surface area contributed by atoms with Crippen LogP contribution in [0.1, 0.15) is 94.9 Å². The highest BCUT2D eigenvalue weighted by molar-refractivity contribution is 6.05. The first-order chi connectivity index (χ1) is 27.7. The van der Waals surface area contributed by atoms with Gasteiger partial charge in [-0.25, -0.2) is 0 Å². The Hall–Kier alpha value is -5.06. The van der Waals surface area contributed by atoms with Crippen molar-refractivity contribution in [3.63, 3.8) is 0 Å². The second kappa shape index (κ2) is 19.1. The van der Waals surface area contributed by atoms with E-state index >= 15 is 9.59 Å². The Morgan fingerprint density at radius 3 is 1.00 bits per heavy atom. The summed E-state index contributed by atoms with van der Waals surface area (Å²) in [5.41, 5.74) is -2.62. The Labute approximate surface area is 344 Å². The van der Waals surface area contributed by atoms with Gasteiger partial charge in [0.15, 0.2) is 0 Å². The summed E-state index contributed by atoms with van der Waals surface area (Å²) in [5.74, 6) is 1.74. The molecule has 0 unspecified atom stereocenters. The number of amides is 2. The molecule has 4 aromatic carbocycles. The fourth-order valence-electron chi connectivity index (χ4n) is 8.43. The van der Waals surface area contributed by atoms with Gasteiger partial charge in [0.1, 0.15) is 39.6 Å². The molecule has 2 atom stereocenters. The molecule has 0 aromatic heterocycles. The number of benzene rings is 4. The number of carbonyl (C=O) groups is 2. The van der Waals surface area contributed by atoms with Crippen molar-refractivity contribution in [1.29, 1.82) is 0 Å². The maximum atomic E-state index is 15.2. The van der Waals surface area contributed by atoms with E-state index in [1.165, 1.54) is 0 Å². The van der Waals surface area contributed by atoms with E-state index in [1.807, 2.05) is 27.7 Å². The molecule has 10 nitrogen and oxygen atoms in total. The topological polar surface area (TPSA) is 136 Å². The Bertz CT molecular complexity index is 1690. The highest BCUT2D eigenvalue weighted by atomic mass is 16.5. The first-order valence-electron chi connectivity index (χ1n) is 20.4. The minimum atomic E-state index is -1.70. The van der Waals surface area contributed by atoms with E-state index in [4.69, 9.17) is 18.9 Å². The molecular weight excluding hydrogens is 733 g/mol. The summed E-state index contributed by atoms with van der Waals surface area (Å²) >= 11 is 0. The van der Waals surface area contributed by atoms with Crippen molar-refractivity contribution in [3.8, 4) is 23.0 Å². The minimum Gasteiger partial charge on any atom is -0.497 e. The molecule has 312 valence electrons. The van der Waals surface area contributed by atoms with Crippen molar-refractivity contribution in [2.45, 2.75) is 95.9 Å². The number of ether oxygens (including phenoxy) is 4. The summed E-state index contributed by atoms with van der Waals surface area (Å²) < 4.78 is 21.8. The van der Waals surface area contributed by atoms with E-state index in [9.17, 15) is 10.2 Å². The Kier molecular flexibility index (Phi) is 14.5. The van der Waals surface area contributed by atoms with Gasteiger partial charge in [-0.05, 0) is 108 Å². The third kappa shape index (κ3) is 9.29. The zero-order chi connectivity index (χ0) is 42.1.